The van der Waals surface area contributed by atoms with E-state index in [4.69, 9.17) is 92.5 Å². The third kappa shape index (κ3) is 13.1. The van der Waals surface area contributed by atoms with Crippen molar-refractivity contribution in [2.45, 2.75) is 124 Å². The molecular formula is C40H52F4N8O24S4. The minimum absolute atomic E-state index is 0.0794. The van der Waals surface area contributed by atoms with Crippen molar-refractivity contribution in [3.63, 3.8) is 0 Å². The largest absolute Gasteiger partial charge is 0.391 e. The number of aliphatic hydroxyl groups excluding tert-OH is 14. The standard InChI is InChI=1S/4C10H13FN2O6S/c4*11-10(3-15)6(17)5(16)8(19-10)13-1-4(2-14)7(18)12-9(13)20/h4*1,5-6,8,14-17H,2-3H2,(H,12,18,20)/t4*5-,6+,8-,10-/m1111/s1/i3D2,8D;8D;3D2;. The lowest BCUT2D eigenvalue weighted by Gasteiger charge is -2.20. The minimum Gasteiger partial charge on any atom is -0.391 e. The van der Waals surface area contributed by atoms with Crippen molar-refractivity contribution in [3.05, 3.63) is 108 Å². The molecule has 40 heteroatoms. The second kappa shape index (κ2) is 26.3. The van der Waals surface area contributed by atoms with Gasteiger partial charge in [0.05, 0.1) is 56.9 Å². The number of aromatic nitrogens is 8. The molecule has 0 amide bonds. The summed E-state index contributed by atoms with van der Waals surface area (Å²) in [6.45, 7) is -12.6. The Morgan fingerprint density at radius 1 is 0.438 bits per heavy atom. The van der Waals surface area contributed by atoms with Gasteiger partial charge in [0, 0.05) is 24.8 Å². The fourth-order valence-electron chi connectivity index (χ4n) is 7.21. The highest BCUT2D eigenvalue weighted by Crippen LogP contribution is 2.41. The van der Waals surface area contributed by atoms with Gasteiger partial charge in [0.2, 0.25) is 0 Å². The van der Waals surface area contributed by atoms with E-state index in [0.717, 1.165) is 33.9 Å². The molecule has 0 aromatic carbocycles. The molecule has 4 aliphatic heterocycles. The van der Waals surface area contributed by atoms with Crippen LogP contribution >= 0.6 is 48.9 Å². The molecule has 16 atom stereocenters. The topological polar surface area (TPSA) is 512 Å². The number of nitrogens with zero attached hydrogens (tertiary/aromatic N) is 4. The van der Waals surface area contributed by atoms with E-state index in [1.165, 1.54) is 0 Å². The van der Waals surface area contributed by atoms with E-state index in [1.54, 1.807) is 0 Å². The van der Waals surface area contributed by atoms with Crippen LogP contribution < -0.4 is 22.2 Å². The van der Waals surface area contributed by atoms with E-state index in [0.29, 0.717) is 9.13 Å². The lowest BCUT2D eigenvalue weighted by molar-refractivity contribution is -0.207. The van der Waals surface area contributed by atoms with Gasteiger partial charge < -0.3 is 101 Å². The van der Waals surface area contributed by atoms with Crippen LogP contribution in [0.15, 0.2) is 44.0 Å². The Morgan fingerprint density at radius 2 is 0.675 bits per heavy atom. The van der Waals surface area contributed by atoms with E-state index in [-0.39, 0.29) is 36.6 Å². The van der Waals surface area contributed by atoms with Crippen LogP contribution in [0.25, 0.3) is 0 Å². The number of nitrogens with one attached hydrogen (secondary N) is 4. The van der Waals surface area contributed by atoms with E-state index in [1.807, 2.05) is 0 Å². The molecule has 4 aromatic heterocycles. The molecule has 0 unspecified atom stereocenters. The van der Waals surface area contributed by atoms with Crippen molar-refractivity contribution in [2.24, 2.45) is 0 Å². The number of aromatic amines is 4. The van der Waals surface area contributed by atoms with Gasteiger partial charge >= 0.3 is 0 Å². The Morgan fingerprint density at radius 3 is 0.938 bits per heavy atom. The molecule has 4 saturated heterocycles. The summed E-state index contributed by atoms with van der Waals surface area (Å²) in [5, 5.41) is 150. The van der Waals surface area contributed by atoms with Gasteiger partial charge in [0.1, 0.15) is 75.2 Å². The summed E-state index contributed by atoms with van der Waals surface area (Å²) < 4.78 is 121. The average molecular weight is 1240 g/mol. The van der Waals surface area contributed by atoms with Gasteiger partial charge in [-0.05, 0) is 48.9 Å². The number of ether oxygens (including phenoxy) is 4. The van der Waals surface area contributed by atoms with Crippen LogP contribution in [0.3, 0.4) is 0 Å². The Bertz CT molecular complexity index is 3640. The molecule has 8 heterocycles. The van der Waals surface area contributed by atoms with Gasteiger partial charge in [0.15, 0.2) is 43.9 Å². The smallest absolute Gasteiger partial charge is 0.263 e. The third-order valence-electron chi connectivity index (χ3n) is 11.7. The minimum atomic E-state index is -3.83. The number of alkyl halides is 4. The first kappa shape index (κ1) is 57.2. The molecule has 32 nitrogen and oxygen atoms in total. The summed E-state index contributed by atoms with van der Waals surface area (Å²) in [7, 11) is 0. The number of rotatable bonds is 12. The van der Waals surface area contributed by atoms with Crippen molar-refractivity contribution < 1.29 is 126 Å². The van der Waals surface area contributed by atoms with Crippen molar-refractivity contribution >= 4 is 48.9 Å². The molecular weight excluding hydrogens is 1180 g/mol. The van der Waals surface area contributed by atoms with Gasteiger partial charge in [-0.1, -0.05) is 0 Å². The zero-order chi connectivity index (χ0) is 65.7. The lowest BCUT2D eigenvalue weighted by atomic mass is 10.1. The first-order valence-electron chi connectivity index (χ1n) is 24.9. The SMILES string of the molecule is O=c1[nH]c(=S)n([C@@H]2O[C@](F)(CO)[C@@H](O)[C@H]2O)cc1CO.[2H]C([2H])(O)[C@@]1(F)O[C@@H](n2cc(CO)c(=O)[nH]c2=S)[C@H](O)[C@@H]1O.[2H]C([2H])(O)[C@@]1(F)O[C@@]([2H])(n2cc(CO)c(=O)[nH]c2=S)[C@H](O)[C@@H]1O.[2H][C@@]1(n2cc(CO)c(=O)[nH]c2=S)O[C@](F)(CO)[C@@H](O)[C@H]1O. The number of hydrogen-bond acceptors (Lipinski definition) is 28. The highest BCUT2D eigenvalue weighted by atomic mass is 32.1. The van der Waals surface area contributed by atoms with Crippen LogP contribution in [0.1, 0.15) is 55.3 Å². The fraction of sp³-hybridized carbons (Fsp3) is 0.600. The molecule has 0 saturated carbocycles. The van der Waals surface area contributed by atoms with E-state index < -0.39 is 177 Å². The van der Waals surface area contributed by atoms with Crippen LogP contribution in [0.4, 0.5) is 17.6 Å². The Kier molecular flexibility index (Phi) is 18.8. The quantitative estimate of drug-likeness (QED) is 0.0463. The van der Waals surface area contributed by atoms with Gasteiger partial charge in [-0.15, -0.1) is 0 Å². The molecule has 0 radical (unpaired) electrons. The third-order valence-corrected chi connectivity index (χ3v) is 12.9. The maximum absolute atomic E-state index is 14.5. The molecule has 0 spiro atoms. The van der Waals surface area contributed by atoms with Crippen molar-refractivity contribution in [1.82, 2.24) is 38.2 Å². The summed E-state index contributed by atoms with van der Waals surface area (Å²) in [5.41, 5.74) is -3.62. The van der Waals surface area contributed by atoms with Crippen LogP contribution in [-0.4, -0.2) is 218 Å². The van der Waals surface area contributed by atoms with Crippen molar-refractivity contribution in [2.75, 3.05) is 26.3 Å². The van der Waals surface area contributed by atoms with Crippen molar-refractivity contribution in [3.8, 4) is 0 Å². The molecule has 4 aliphatic rings. The lowest BCUT2D eigenvalue weighted by Crippen LogP contribution is -2.42. The van der Waals surface area contributed by atoms with E-state index in [2.05, 4.69) is 34.1 Å². The summed E-state index contributed by atoms with van der Waals surface area (Å²) in [4.78, 5) is 54.3. The molecule has 80 heavy (non-hydrogen) atoms. The number of halogens is 4. The maximum Gasteiger partial charge on any atom is 0.263 e. The summed E-state index contributed by atoms with van der Waals surface area (Å²) in [5.74, 6) is -13.3. The average Bonchev–Trinajstić information content (AvgIpc) is 1.75. The zero-order valence-corrected chi connectivity index (χ0v) is 42.9. The first-order chi connectivity index (χ1) is 39.4. The van der Waals surface area contributed by atoms with E-state index >= 15 is 0 Å². The molecule has 0 bridgehead atoms. The van der Waals surface area contributed by atoms with Crippen LogP contribution in [0, 0.1) is 19.1 Å². The van der Waals surface area contributed by atoms with Crippen LogP contribution in [0.2, 0.25) is 0 Å². The van der Waals surface area contributed by atoms with Gasteiger partial charge in [0.25, 0.3) is 45.7 Å². The highest BCUT2D eigenvalue weighted by molar-refractivity contribution is 7.71. The molecule has 8 rings (SSSR count). The maximum atomic E-state index is 14.5. The molecule has 0 aliphatic carbocycles. The Labute approximate surface area is 469 Å². The monoisotopic (exact) mass is 1240 g/mol. The highest BCUT2D eigenvalue weighted by Gasteiger charge is 2.59. The molecule has 4 aromatic rings. The fourth-order valence-corrected chi connectivity index (χ4v) is 8.18. The predicted molar refractivity (Wildman–Crippen MR) is 259 cm³/mol. The molecule has 448 valence electrons. The van der Waals surface area contributed by atoms with Crippen molar-refractivity contribution in [1.29, 1.82) is 0 Å². The Balaban J connectivity index is 0.000000210. The van der Waals surface area contributed by atoms with Gasteiger partial charge in [-0.25, -0.2) is 17.6 Å². The number of hydrogen-bond donors (Lipinski definition) is 20. The van der Waals surface area contributed by atoms with Crippen LogP contribution in [0.5, 0.6) is 0 Å². The number of H-pyrrole nitrogens is 4. The van der Waals surface area contributed by atoms with E-state index in [9.17, 15) is 87.8 Å². The summed E-state index contributed by atoms with van der Waals surface area (Å²) in [6, 6.07) is 0. The molecule has 20 N–H and O–H groups in total. The van der Waals surface area contributed by atoms with Gasteiger partial charge in [-0.3, -0.25) is 57.4 Å². The Hall–Kier alpha value is -4.68. The first-order valence-corrected chi connectivity index (χ1v) is 23.5. The summed E-state index contributed by atoms with van der Waals surface area (Å²) >= 11 is 19.2. The van der Waals surface area contributed by atoms with Gasteiger partial charge in [-0.2, -0.15) is 0 Å². The molecule has 4 fully saturated rings. The second-order valence-corrected chi connectivity index (χ2v) is 18.3. The van der Waals surface area contributed by atoms with Crippen LogP contribution in [-0.2, 0) is 45.4 Å². The number of aliphatic hydroxyl groups is 16. The second-order valence-electron chi connectivity index (χ2n) is 16.8. The summed E-state index contributed by atoms with van der Waals surface area (Å²) in [6.07, 6.45) is -22.3. The zero-order valence-electron chi connectivity index (χ0n) is 45.7. The normalized spacial score (nSPS) is 36.9. The predicted octanol–water partition coefficient (Wildman–Crippen LogP) is -6.77.